The zero-order valence-electron chi connectivity index (χ0n) is 9.06. The summed E-state index contributed by atoms with van der Waals surface area (Å²) in [4.78, 5) is 0. The molecule has 78 valence electrons. The molecule has 0 aromatic heterocycles. The number of alkyl halides is 1. The molecule has 0 aromatic carbocycles. The Labute approximate surface area is 88.1 Å². The van der Waals surface area contributed by atoms with Gasteiger partial charge in [0.25, 0.3) is 0 Å². The minimum absolute atomic E-state index is 0.433. The van der Waals surface area contributed by atoms with Crippen molar-refractivity contribution in [2.24, 2.45) is 11.8 Å². The fourth-order valence-corrected chi connectivity index (χ4v) is 2.75. The highest BCUT2D eigenvalue weighted by molar-refractivity contribution is 6.21. The summed E-state index contributed by atoms with van der Waals surface area (Å²) in [6, 6.07) is 0. The summed E-state index contributed by atoms with van der Waals surface area (Å²) in [6.45, 7) is 4.54. The topological polar surface area (TPSA) is 0 Å². The predicted octanol–water partition coefficient (Wildman–Crippen LogP) is 4.61. The van der Waals surface area contributed by atoms with Crippen molar-refractivity contribution >= 4 is 11.6 Å². The van der Waals surface area contributed by atoms with Gasteiger partial charge in [0.2, 0.25) is 0 Å². The van der Waals surface area contributed by atoms with Crippen LogP contribution in [0.1, 0.15) is 58.8 Å². The first-order valence-electron chi connectivity index (χ1n) is 5.89. The van der Waals surface area contributed by atoms with Crippen molar-refractivity contribution in [1.82, 2.24) is 0 Å². The molecular formula is C12H23Cl. The van der Waals surface area contributed by atoms with Gasteiger partial charge in [0.1, 0.15) is 0 Å². The number of halogens is 1. The predicted molar refractivity (Wildman–Crippen MR) is 60.3 cm³/mol. The van der Waals surface area contributed by atoms with Crippen molar-refractivity contribution in [2.45, 2.75) is 64.2 Å². The van der Waals surface area contributed by atoms with Gasteiger partial charge in [0.15, 0.2) is 0 Å². The Morgan fingerprint density at radius 1 is 1.15 bits per heavy atom. The molecule has 0 amide bonds. The number of hydrogen-bond donors (Lipinski definition) is 0. The molecule has 1 fully saturated rings. The molecule has 0 N–H and O–H groups in total. The van der Waals surface area contributed by atoms with Crippen molar-refractivity contribution in [2.75, 3.05) is 0 Å². The van der Waals surface area contributed by atoms with E-state index in [2.05, 4.69) is 13.8 Å². The first kappa shape index (κ1) is 11.4. The van der Waals surface area contributed by atoms with Gasteiger partial charge in [-0.15, -0.1) is 11.6 Å². The highest BCUT2D eigenvalue weighted by Crippen LogP contribution is 2.32. The van der Waals surface area contributed by atoms with E-state index in [4.69, 9.17) is 11.6 Å². The fraction of sp³-hybridized carbons (Fsp3) is 1.00. The summed E-state index contributed by atoms with van der Waals surface area (Å²) in [5, 5.41) is 0.433. The van der Waals surface area contributed by atoms with Crippen LogP contribution in [-0.4, -0.2) is 5.38 Å². The number of rotatable bonds is 3. The maximum absolute atomic E-state index is 6.48. The van der Waals surface area contributed by atoms with Crippen LogP contribution < -0.4 is 0 Å². The van der Waals surface area contributed by atoms with Crippen LogP contribution in [-0.2, 0) is 0 Å². The van der Waals surface area contributed by atoms with Gasteiger partial charge in [-0.1, -0.05) is 46.0 Å². The summed E-state index contributed by atoms with van der Waals surface area (Å²) in [7, 11) is 0. The van der Waals surface area contributed by atoms with Crippen molar-refractivity contribution in [3.8, 4) is 0 Å². The molecule has 13 heavy (non-hydrogen) atoms. The second kappa shape index (κ2) is 5.90. The van der Waals surface area contributed by atoms with Gasteiger partial charge in [-0.05, 0) is 24.7 Å². The maximum Gasteiger partial charge on any atom is 0.0389 e. The van der Waals surface area contributed by atoms with E-state index in [9.17, 15) is 0 Å². The molecular weight excluding hydrogens is 180 g/mol. The SMILES string of the molecule is CCC(C)C(Cl)C1CCCCCC1. The Morgan fingerprint density at radius 2 is 1.69 bits per heavy atom. The Kier molecular flexibility index (Phi) is 5.16. The van der Waals surface area contributed by atoms with E-state index in [1.54, 1.807) is 0 Å². The standard InChI is InChI=1S/C12H23Cl/c1-3-10(2)12(13)11-8-6-4-5-7-9-11/h10-12H,3-9H2,1-2H3. The fourth-order valence-electron chi connectivity index (χ4n) is 2.32. The average Bonchev–Trinajstić information content (AvgIpc) is 2.43. The Hall–Kier alpha value is 0.290. The monoisotopic (exact) mass is 202 g/mol. The minimum atomic E-state index is 0.433. The van der Waals surface area contributed by atoms with Gasteiger partial charge >= 0.3 is 0 Å². The van der Waals surface area contributed by atoms with E-state index in [1.807, 2.05) is 0 Å². The summed E-state index contributed by atoms with van der Waals surface area (Å²) in [6.07, 6.45) is 9.65. The van der Waals surface area contributed by atoms with Gasteiger partial charge in [0, 0.05) is 5.38 Å². The van der Waals surface area contributed by atoms with E-state index < -0.39 is 0 Å². The van der Waals surface area contributed by atoms with Crippen LogP contribution in [0.5, 0.6) is 0 Å². The first-order chi connectivity index (χ1) is 6.25. The highest BCUT2D eigenvalue weighted by Gasteiger charge is 2.24. The number of hydrogen-bond acceptors (Lipinski definition) is 0. The van der Waals surface area contributed by atoms with Crippen LogP contribution in [0.3, 0.4) is 0 Å². The van der Waals surface area contributed by atoms with E-state index in [-0.39, 0.29) is 0 Å². The van der Waals surface area contributed by atoms with Crippen LogP contribution in [0.4, 0.5) is 0 Å². The summed E-state index contributed by atoms with van der Waals surface area (Å²) in [5.74, 6) is 1.50. The molecule has 1 heteroatoms. The molecule has 2 unspecified atom stereocenters. The van der Waals surface area contributed by atoms with Gasteiger partial charge in [-0.2, -0.15) is 0 Å². The van der Waals surface area contributed by atoms with Gasteiger partial charge in [-0.3, -0.25) is 0 Å². The zero-order chi connectivity index (χ0) is 9.68. The lowest BCUT2D eigenvalue weighted by atomic mass is 9.88. The molecule has 0 radical (unpaired) electrons. The largest absolute Gasteiger partial charge is 0.122 e. The molecule has 0 nitrogen and oxygen atoms in total. The highest BCUT2D eigenvalue weighted by atomic mass is 35.5. The van der Waals surface area contributed by atoms with Crippen LogP contribution in [0.2, 0.25) is 0 Å². The molecule has 0 saturated heterocycles. The third-order valence-corrected chi connectivity index (χ3v) is 4.32. The molecule has 1 rings (SSSR count). The normalized spacial score (nSPS) is 25.2. The average molecular weight is 203 g/mol. The van der Waals surface area contributed by atoms with Crippen molar-refractivity contribution < 1.29 is 0 Å². The summed E-state index contributed by atoms with van der Waals surface area (Å²) in [5.41, 5.74) is 0. The molecule has 0 spiro atoms. The van der Waals surface area contributed by atoms with Gasteiger partial charge in [0.05, 0.1) is 0 Å². The third kappa shape index (κ3) is 3.50. The minimum Gasteiger partial charge on any atom is -0.122 e. The molecule has 1 aliphatic carbocycles. The Balaban J connectivity index is 2.38. The lowest BCUT2D eigenvalue weighted by Gasteiger charge is -2.25. The molecule has 1 saturated carbocycles. The molecule has 1 aliphatic rings. The van der Waals surface area contributed by atoms with Gasteiger partial charge in [-0.25, -0.2) is 0 Å². The molecule has 0 aromatic rings. The Morgan fingerprint density at radius 3 is 2.15 bits per heavy atom. The lowest BCUT2D eigenvalue weighted by molar-refractivity contribution is 0.357. The second-order valence-electron chi connectivity index (χ2n) is 4.58. The van der Waals surface area contributed by atoms with Crippen LogP contribution in [0, 0.1) is 11.8 Å². The zero-order valence-corrected chi connectivity index (χ0v) is 9.82. The first-order valence-corrected chi connectivity index (χ1v) is 6.33. The third-order valence-electron chi connectivity index (χ3n) is 3.54. The van der Waals surface area contributed by atoms with E-state index in [0.29, 0.717) is 11.3 Å². The van der Waals surface area contributed by atoms with Crippen molar-refractivity contribution in [3.63, 3.8) is 0 Å². The van der Waals surface area contributed by atoms with Crippen molar-refractivity contribution in [1.29, 1.82) is 0 Å². The second-order valence-corrected chi connectivity index (χ2v) is 5.09. The summed E-state index contributed by atoms with van der Waals surface area (Å²) < 4.78 is 0. The molecule has 0 heterocycles. The summed E-state index contributed by atoms with van der Waals surface area (Å²) >= 11 is 6.48. The maximum atomic E-state index is 6.48. The Bertz CT molecular complexity index is 125. The van der Waals surface area contributed by atoms with Crippen LogP contribution in [0.25, 0.3) is 0 Å². The van der Waals surface area contributed by atoms with Crippen LogP contribution >= 0.6 is 11.6 Å². The quantitative estimate of drug-likeness (QED) is 0.463. The molecule has 0 bridgehead atoms. The smallest absolute Gasteiger partial charge is 0.0389 e. The van der Waals surface area contributed by atoms with E-state index >= 15 is 0 Å². The molecule has 0 aliphatic heterocycles. The van der Waals surface area contributed by atoms with Crippen LogP contribution in [0.15, 0.2) is 0 Å². The lowest BCUT2D eigenvalue weighted by Crippen LogP contribution is -2.21. The van der Waals surface area contributed by atoms with E-state index in [1.165, 1.54) is 44.9 Å². The van der Waals surface area contributed by atoms with E-state index in [0.717, 1.165) is 5.92 Å². The molecule has 2 atom stereocenters. The van der Waals surface area contributed by atoms with Crippen molar-refractivity contribution in [3.05, 3.63) is 0 Å². The van der Waals surface area contributed by atoms with Gasteiger partial charge < -0.3 is 0 Å².